The number of hydroxylamine groups is 1. The molecule has 7 nitrogen and oxygen atoms in total. The highest BCUT2D eigenvalue weighted by molar-refractivity contribution is 5.78. The first-order valence-corrected chi connectivity index (χ1v) is 6.42. The van der Waals surface area contributed by atoms with Crippen molar-refractivity contribution in [2.24, 2.45) is 0 Å². The molecule has 1 aromatic rings. The number of benzene rings is 1. The van der Waals surface area contributed by atoms with Crippen LogP contribution < -0.4 is 20.3 Å². The Morgan fingerprint density at radius 2 is 1.81 bits per heavy atom. The number of hydrogen-bond donors (Lipinski definition) is 2. The largest absolute Gasteiger partial charge is 0.493 e. The van der Waals surface area contributed by atoms with Crippen molar-refractivity contribution in [2.45, 2.75) is 12.8 Å². The average Bonchev–Trinajstić information content (AvgIpc) is 2.52. The van der Waals surface area contributed by atoms with E-state index in [-0.39, 0.29) is 24.8 Å². The normalized spacial score (nSPS) is 9.86. The molecule has 2 N–H and O–H groups in total. The molecule has 0 aromatic heterocycles. The van der Waals surface area contributed by atoms with E-state index in [9.17, 15) is 9.59 Å². The van der Waals surface area contributed by atoms with Gasteiger partial charge in [0.25, 0.3) is 0 Å². The Morgan fingerprint density at radius 1 is 1.10 bits per heavy atom. The molecule has 21 heavy (non-hydrogen) atoms. The molecule has 0 radical (unpaired) electrons. The first kappa shape index (κ1) is 16.8. The molecule has 0 aliphatic heterocycles. The SMILES string of the molecule is CNC(=O)CONC(=O)CCc1ccc(OC)c(OC)c1. The fourth-order valence-electron chi connectivity index (χ4n) is 1.60. The fraction of sp³-hybridized carbons (Fsp3) is 0.429. The van der Waals surface area contributed by atoms with Gasteiger partial charge in [0.2, 0.25) is 11.8 Å². The molecular weight excluding hydrogens is 276 g/mol. The van der Waals surface area contributed by atoms with Gasteiger partial charge in [0.15, 0.2) is 18.1 Å². The third-order valence-corrected chi connectivity index (χ3v) is 2.76. The van der Waals surface area contributed by atoms with Gasteiger partial charge in [-0.2, -0.15) is 0 Å². The summed E-state index contributed by atoms with van der Waals surface area (Å²) in [4.78, 5) is 27.2. The van der Waals surface area contributed by atoms with E-state index in [0.29, 0.717) is 17.9 Å². The Labute approximate surface area is 123 Å². The van der Waals surface area contributed by atoms with Gasteiger partial charge in [-0.3, -0.25) is 14.4 Å². The smallest absolute Gasteiger partial charge is 0.248 e. The standard InChI is InChI=1S/C14H20N2O5/c1-15-14(18)9-21-16-13(17)7-5-10-4-6-11(19-2)12(8-10)20-3/h4,6,8H,5,7,9H2,1-3H3,(H,15,18)(H,16,17). The monoisotopic (exact) mass is 296 g/mol. The zero-order chi connectivity index (χ0) is 15.7. The van der Waals surface area contributed by atoms with Crippen LogP contribution in [0.3, 0.4) is 0 Å². The molecule has 0 bridgehead atoms. The van der Waals surface area contributed by atoms with E-state index >= 15 is 0 Å². The Kier molecular flexibility index (Phi) is 7.03. The number of likely N-dealkylation sites (N-methyl/N-ethyl adjacent to an activating group) is 1. The molecule has 116 valence electrons. The van der Waals surface area contributed by atoms with Crippen LogP contribution in [-0.2, 0) is 20.8 Å². The van der Waals surface area contributed by atoms with Crippen LogP contribution in [0.1, 0.15) is 12.0 Å². The number of methoxy groups -OCH3 is 2. The summed E-state index contributed by atoms with van der Waals surface area (Å²) in [5.74, 6) is 0.648. The van der Waals surface area contributed by atoms with Crippen LogP contribution in [0.2, 0.25) is 0 Å². The lowest BCUT2D eigenvalue weighted by molar-refractivity contribution is -0.138. The lowest BCUT2D eigenvalue weighted by atomic mass is 10.1. The van der Waals surface area contributed by atoms with Gasteiger partial charge in [-0.05, 0) is 24.1 Å². The molecule has 1 rings (SSSR count). The highest BCUT2D eigenvalue weighted by atomic mass is 16.7. The Hall–Kier alpha value is -2.28. The van der Waals surface area contributed by atoms with Crippen LogP contribution in [0.4, 0.5) is 0 Å². The van der Waals surface area contributed by atoms with Gasteiger partial charge in [0.05, 0.1) is 14.2 Å². The number of carbonyl (C=O) groups is 2. The lowest BCUT2D eigenvalue weighted by Crippen LogP contribution is -2.31. The third-order valence-electron chi connectivity index (χ3n) is 2.76. The van der Waals surface area contributed by atoms with Gasteiger partial charge in [0, 0.05) is 13.5 Å². The molecule has 0 fully saturated rings. The summed E-state index contributed by atoms with van der Waals surface area (Å²) in [5, 5.41) is 2.38. The maximum atomic E-state index is 11.5. The van der Waals surface area contributed by atoms with Crippen LogP contribution in [0.25, 0.3) is 0 Å². The van der Waals surface area contributed by atoms with E-state index in [0.717, 1.165) is 5.56 Å². The second-order valence-electron chi connectivity index (χ2n) is 4.18. The van der Waals surface area contributed by atoms with Crippen molar-refractivity contribution in [3.63, 3.8) is 0 Å². The van der Waals surface area contributed by atoms with E-state index in [2.05, 4.69) is 10.8 Å². The zero-order valence-corrected chi connectivity index (χ0v) is 12.4. The van der Waals surface area contributed by atoms with Crippen molar-refractivity contribution in [3.8, 4) is 11.5 Å². The quantitative estimate of drug-likeness (QED) is 0.679. The number of ether oxygens (including phenoxy) is 2. The Morgan fingerprint density at radius 3 is 2.43 bits per heavy atom. The van der Waals surface area contributed by atoms with Gasteiger partial charge in [-0.1, -0.05) is 6.07 Å². The highest BCUT2D eigenvalue weighted by Crippen LogP contribution is 2.27. The van der Waals surface area contributed by atoms with Crippen LogP contribution in [-0.4, -0.2) is 39.7 Å². The summed E-state index contributed by atoms with van der Waals surface area (Å²) < 4.78 is 10.3. The predicted octanol–water partition coefficient (Wildman–Crippen LogP) is 0.430. The number of amides is 2. The number of carbonyl (C=O) groups excluding carboxylic acids is 2. The first-order chi connectivity index (χ1) is 10.1. The topological polar surface area (TPSA) is 85.9 Å². The van der Waals surface area contributed by atoms with Crippen molar-refractivity contribution in [2.75, 3.05) is 27.9 Å². The van der Waals surface area contributed by atoms with Crippen LogP contribution in [0.15, 0.2) is 18.2 Å². The first-order valence-electron chi connectivity index (χ1n) is 6.42. The summed E-state index contributed by atoms with van der Waals surface area (Å²) in [6.45, 7) is -0.210. The molecule has 0 saturated heterocycles. The highest BCUT2D eigenvalue weighted by Gasteiger charge is 2.07. The summed E-state index contributed by atoms with van der Waals surface area (Å²) in [5.41, 5.74) is 3.15. The fourth-order valence-corrected chi connectivity index (χ4v) is 1.60. The molecule has 0 spiro atoms. The van der Waals surface area contributed by atoms with Crippen LogP contribution in [0, 0.1) is 0 Å². The van der Waals surface area contributed by atoms with E-state index in [1.807, 2.05) is 12.1 Å². The average molecular weight is 296 g/mol. The maximum absolute atomic E-state index is 11.5. The summed E-state index contributed by atoms with van der Waals surface area (Å²) in [6.07, 6.45) is 0.763. The van der Waals surface area contributed by atoms with E-state index in [4.69, 9.17) is 14.3 Å². The van der Waals surface area contributed by atoms with Crippen molar-refractivity contribution >= 4 is 11.8 Å². The molecule has 1 aromatic carbocycles. The molecule has 0 aliphatic rings. The molecule has 7 heteroatoms. The molecular formula is C14H20N2O5. The maximum Gasteiger partial charge on any atom is 0.248 e. The van der Waals surface area contributed by atoms with E-state index in [1.54, 1.807) is 20.3 Å². The van der Waals surface area contributed by atoms with Gasteiger partial charge < -0.3 is 14.8 Å². The minimum atomic E-state index is -0.310. The van der Waals surface area contributed by atoms with Gasteiger partial charge in [-0.25, -0.2) is 5.48 Å². The molecule has 0 atom stereocenters. The van der Waals surface area contributed by atoms with Crippen molar-refractivity contribution in [3.05, 3.63) is 23.8 Å². The second kappa shape index (κ2) is 8.80. The van der Waals surface area contributed by atoms with Crippen LogP contribution in [0.5, 0.6) is 11.5 Å². The zero-order valence-electron chi connectivity index (χ0n) is 12.4. The number of aryl methyl sites for hydroxylation is 1. The van der Waals surface area contributed by atoms with Crippen molar-refractivity contribution in [1.82, 2.24) is 10.8 Å². The lowest BCUT2D eigenvalue weighted by Gasteiger charge is -2.09. The minimum absolute atomic E-state index is 0.210. The minimum Gasteiger partial charge on any atom is -0.493 e. The van der Waals surface area contributed by atoms with Crippen LogP contribution >= 0.6 is 0 Å². The summed E-state index contributed by atoms with van der Waals surface area (Å²) in [6, 6.07) is 5.46. The second-order valence-corrected chi connectivity index (χ2v) is 4.18. The summed E-state index contributed by atoms with van der Waals surface area (Å²) in [7, 11) is 4.61. The van der Waals surface area contributed by atoms with Crippen molar-refractivity contribution in [1.29, 1.82) is 0 Å². The number of hydrogen-bond acceptors (Lipinski definition) is 5. The summed E-state index contributed by atoms with van der Waals surface area (Å²) >= 11 is 0. The van der Waals surface area contributed by atoms with Gasteiger partial charge in [0.1, 0.15) is 0 Å². The predicted molar refractivity (Wildman–Crippen MR) is 76.0 cm³/mol. The van der Waals surface area contributed by atoms with E-state index < -0.39 is 0 Å². The van der Waals surface area contributed by atoms with E-state index in [1.165, 1.54) is 7.05 Å². The Bertz CT molecular complexity index is 490. The molecule has 2 amide bonds. The van der Waals surface area contributed by atoms with Gasteiger partial charge >= 0.3 is 0 Å². The number of nitrogens with one attached hydrogen (secondary N) is 2. The molecule has 0 unspecified atom stereocenters. The number of rotatable bonds is 8. The van der Waals surface area contributed by atoms with Crippen molar-refractivity contribution < 1.29 is 23.9 Å². The molecule has 0 heterocycles. The Balaban J connectivity index is 2.40. The molecule has 0 saturated carbocycles. The van der Waals surface area contributed by atoms with Gasteiger partial charge in [-0.15, -0.1) is 0 Å². The molecule has 0 aliphatic carbocycles. The third kappa shape index (κ3) is 5.70.